The van der Waals surface area contributed by atoms with Crippen LogP contribution < -0.4 is 0 Å². The van der Waals surface area contributed by atoms with Crippen LogP contribution in [-0.4, -0.2) is 39.5 Å². The van der Waals surface area contributed by atoms with Gasteiger partial charge < -0.3 is 13.3 Å². The van der Waals surface area contributed by atoms with Crippen LogP contribution in [0.25, 0.3) is 0 Å². The third-order valence-electron chi connectivity index (χ3n) is 2.75. The Hall–Kier alpha value is 0.117. The van der Waals surface area contributed by atoms with E-state index in [2.05, 4.69) is 6.92 Å². The van der Waals surface area contributed by atoms with Crippen molar-refractivity contribution >= 4 is 25.7 Å². The Labute approximate surface area is 129 Å². The molecule has 0 heterocycles. The van der Waals surface area contributed by atoms with Crippen molar-refractivity contribution in [3.8, 4) is 0 Å². The van der Waals surface area contributed by atoms with Gasteiger partial charge in [0.1, 0.15) is 0 Å². The number of carbonyl (C=O) groups is 1. The van der Waals surface area contributed by atoms with Gasteiger partial charge in [-0.05, 0) is 27.2 Å². The molecule has 0 bridgehead atoms. The number of hydrogen-bond donors (Lipinski definition) is 0. The van der Waals surface area contributed by atoms with Gasteiger partial charge in [-0.1, -0.05) is 31.5 Å². The molecule has 4 nitrogen and oxygen atoms in total. The number of thioether (sulfide) groups is 1. The summed E-state index contributed by atoms with van der Waals surface area (Å²) < 4.78 is 17.3. The maximum atomic E-state index is 11.7. The van der Waals surface area contributed by atoms with Crippen molar-refractivity contribution in [3.63, 3.8) is 0 Å². The van der Waals surface area contributed by atoms with E-state index in [1.54, 1.807) is 0 Å². The summed E-state index contributed by atoms with van der Waals surface area (Å²) in [6, 6.07) is 0.701. The lowest BCUT2D eigenvalue weighted by Gasteiger charge is -2.28. The second kappa shape index (κ2) is 12.8. The molecule has 0 aliphatic rings. The largest absolute Gasteiger partial charge is 0.501 e. The zero-order chi connectivity index (χ0) is 15.3. The molecule has 0 aromatic carbocycles. The molecule has 0 spiro atoms. The highest BCUT2D eigenvalue weighted by Gasteiger charge is 2.39. The van der Waals surface area contributed by atoms with E-state index in [0.29, 0.717) is 32.3 Å². The first-order chi connectivity index (χ1) is 9.64. The average Bonchev–Trinajstić information content (AvgIpc) is 2.40. The average molecular weight is 323 g/mol. The van der Waals surface area contributed by atoms with Crippen molar-refractivity contribution in [2.45, 2.75) is 59.4 Å². The van der Waals surface area contributed by atoms with Crippen molar-refractivity contribution < 1.29 is 18.1 Å². The van der Waals surface area contributed by atoms with E-state index in [1.807, 2.05) is 20.8 Å². The van der Waals surface area contributed by atoms with Crippen molar-refractivity contribution in [2.24, 2.45) is 0 Å². The normalized spacial score (nSPS) is 11.8. The fourth-order valence-electron chi connectivity index (χ4n) is 1.88. The first kappa shape index (κ1) is 20.1. The van der Waals surface area contributed by atoms with Gasteiger partial charge in [0.15, 0.2) is 5.12 Å². The van der Waals surface area contributed by atoms with Gasteiger partial charge in [-0.3, -0.25) is 4.79 Å². The molecule has 0 atom stereocenters. The van der Waals surface area contributed by atoms with Crippen molar-refractivity contribution in [1.29, 1.82) is 0 Å². The molecule has 0 fully saturated rings. The highest BCUT2D eigenvalue weighted by atomic mass is 32.2. The third kappa shape index (κ3) is 9.13. The summed E-state index contributed by atoms with van der Waals surface area (Å²) in [5.74, 6) is 0.719. The van der Waals surface area contributed by atoms with Crippen LogP contribution in [0.1, 0.15) is 53.4 Å². The van der Waals surface area contributed by atoms with E-state index >= 15 is 0 Å². The monoisotopic (exact) mass is 322 g/mol. The minimum atomic E-state index is -2.57. The Morgan fingerprint density at radius 2 is 1.50 bits per heavy atom. The van der Waals surface area contributed by atoms with Crippen LogP contribution in [0.15, 0.2) is 0 Å². The third-order valence-corrected chi connectivity index (χ3v) is 7.09. The number of unbranched alkanes of at least 4 members (excludes halogenated alkanes) is 2. The molecule has 120 valence electrons. The molecule has 0 aliphatic carbocycles. The van der Waals surface area contributed by atoms with Crippen molar-refractivity contribution in [2.75, 3.05) is 25.6 Å². The minimum Gasteiger partial charge on any atom is -0.374 e. The van der Waals surface area contributed by atoms with Gasteiger partial charge in [-0.15, -0.1) is 0 Å². The molecular weight excluding hydrogens is 292 g/mol. The molecule has 0 aromatic rings. The SMILES string of the molecule is CCCCCC(=O)SCC[Si](OCC)(OCC)OCC. The van der Waals surface area contributed by atoms with Gasteiger partial charge in [-0.2, -0.15) is 0 Å². The molecule has 20 heavy (non-hydrogen) atoms. The van der Waals surface area contributed by atoms with Gasteiger partial charge in [0.05, 0.1) is 0 Å². The first-order valence-corrected chi connectivity index (χ1v) is 10.6. The van der Waals surface area contributed by atoms with Crippen LogP contribution in [0.3, 0.4) is 0 Å². The van der Waals surface area contributed by atoms with Gasteiger partial charge in [0, 0.05) is 38.0 Å². The molecule has 0 aromatic heterocycles. The van der Waals surface area contributed by atoms with E-state index < -0.39 is 8.80 Å². The maximum Gasteiger partial charge on any atom is 0.501 e. The summed E-state index contributed by atoms with van der Waals surface area (Å²) in [7, 11) is -2.57. The number of carbonyl (C=O) groups excluding carboxylic acids is 1. The summed E-state index contributed by atoms with van der Waals surface area (Å²) in [5, 5.41) is 0.269. The molecule has 0 rings (SSSR count). The van der Waals surface area contributed by atoms with E-state index in [0.717, 1.165) is 25.0 Å². The summed E-state index contributed by atoms with van der Waals surface area (Å²) in [6.45, 7) is 9.74. The van der Waals surface area contributed by atoms with Crippen LogP contribution in [0, 0.1) is 0 Å². The Balaban J connectivity index is 4.13. The predicted molar refractivity (Wildman–Crippen MR) is 87.0 cm³/mol. The Bertz CT molecular complexity index is 234. The van der Waals surface area contributed by atoms with Crippen LogP contribution in [0.5, 0.6) is 0 Å². The summed E-state index contributed by atoms with van der Waals surface area (Å²) >= 11 is 1.39. The first-order valence-electron chi connectivity index (χ1n) is 7.71. The fraction of sp³-hybridized carbons (Fsp3) is 0.929. The number of hydrogen-bond acceptors (Lipinski definition) is 5. The van der Waals surface area contributed by atoms with Gasteiger partial charge in [-0.25, -0.2) is 0 Å². The predicted octanol–water partition coefficient (Wildman–Crippen LogP) is 3.87. The van der Waals surface area contributed by atoms with Crippen molar-refractivity contribution in [3.05, 3.63) is 0 Å². The van der Waals surface area contributed by atoms with Crippen molar-refractivity contribution in [1.82, 2.24) is 0 Å². The molecule has 0 saturated carbocycles. The summed E-state index contributed by atoms with van der Waals surface area (Å²) in [6.07, 6.45) is 3.94. The van der Waals surface area contributed by atoms with Gasteiger partial charge in [0.2, 0.25) is 0 Å². The zero-order valence-electron chi connectivity index (χ0n) is 13.4. The lowest BCUT2D eigenvalue weighted by Crippen LogP contribution is -2.46. The molecule has 6 heteroatoms. The second-order valence-corrected chi connectivity index (χ2v) is 8.29. The highest BCUT2D eigenvalue weighted by molar-refractivity contribution is 8.13. The molecular formula is C14H30O4SSi. The van der Waals surface area contributed by atoms with Crippen LogP contribution in [0.4, 0.5) is 0 Å². The van der Waals surface area contributed by atoms with Gasteiger partial charge in [0.25, 0.3) is 0 Å². The molecule has 0 aliphatic heterocycles. The Morgan fingerprint density at radius 1 is 0.950 bits per heavy atom. The quantitative estimate of drug-likeness (QED) is 0.380. The van der Waals surface area contributed by atoms with E-state index in [9.17, 15) is 4.79 Å². The van der Waals surface area contributed by atoms with Crippen LogP contribution >= 0.6 is 11.8 Å². The molecule has 0 amide bonds. The van der Waals surface area contributed by atoms with E-state index in [-0.39, 0.29) is 5.12 Å². The molecule has 0 N–H and O–H groups in total. The standard InChI is InChI=1S/C14H30O4SSi/c1-5-9-10-11-14(15)19-12-13-20(16-6-2,17-7-3)18-8-4/h5-13H2,1-4H3. The van der Waals surface area contributed by atoms with Gasteiger partial charge >= 0.3 is 8.80 Å². The topological polar surface area (TPSA) is 44.8 Å². The highest BCUT2D eigenvalue weighted by Crippen LogP contribution is 2.20. The fourth-order valence-corrected chi connectivity index (χ4v) is 5.81. The number of rotatable bonds is 13. The Kier molecular flexibility index (Phi) is 12.9. The van der Waals surface area contributed by atoms with Crippen LogP contribution in [0.2, 0.25) is 6.04 Å². The lowest BCUT2D eigenvalue weighted by molar-refractivity contribution is -0.111. The second-order valence-electron chi connectivity index (χ2n) is 4.41. The van der Waals surface area contributed by atoms with E-state index in [4.69, 9.17) is 13.3 Å². The summed E-state index contributed by atoms with van der Waals surface area (Å²) in [4.78, 5) is 11.7. The molecule has 0 unspecified atom stereocenters. The Morgan fingerprint density at radius 3 is 1.95 bits per heavy atom. The zero-order valence-corrected chi connectivity index (χ0v) is 15.2. The summed E-state index contributed by atoms with van der Waals surface area (Å²) in [5.41, 5.74) is 0. The molecule has 0 saturated heterocycles. The van der Waals surface area contributed by atoms with E-state index in [1.165, 1.54) is 11.8 Å². The lowest BCUT2D eigenvalue weighted by atomic mass is 10.2. The smallest absolute Gasteiger partial charge is 0.374 e. The maximum absolute atomic E-state index is 11.7. The molecule has 0 radical (unpaired) electrons. The minimum absolute atomic E-state index is 0.269. The van der Waals surface area contributed by atoms with Crippen LogP contribution in [-0.2, 0) is 18.1 Å².